The molecule has 2 rings (SSSR count). The van der Waals surface area contributed by atoms with Gasteiger partial charge in [-0.25, -0.2) is 8.78 Å². The zero-order chi connectivity index (χ0) is 14.5. The summed E-state index contributed by atoms with van der Waals surface area (Å²) >= 11 is 2.00. The molecule has 0 spiro atoms. The van der Waals surface area contributed by atoms with E-state index in [1.165, 1.54) is 12.1 Å². The first-order valence-electron chi connectivity index (χ1n) is 7.06. The van der Waals surface area contributed by atoms with Crippen molar-refractivity contribution in [1.82, 2.24) is 4.90 Å². The molecule has 1 saturated heterocycles. The Bertz CT molecular complexity index is 424. The van der Waals surface area contributed by atoms with E-state index in [4.69, 9.17) is 0 Å². The number of aliphatic hydroxyl groups excluding tert-OH is 1. The average Bonchev–Trinajstić information content (AvgIpc) is 2.44. The third kappa shape index (κ3) is 4.43. The van der Waals surface area contributed by atoms with Crippen LogP contribution in [-0.4, -0.2) is 40.6 Å². The van der Waals surface area contributed by atoms with Crippen molar-refractivity contribution in [3.05, 3.63) is 35.4 Å². The van der Waals surface area contributed by atoms with Gasteiger partial charge in [-0.3, -0.25) is 0 Å². The Morgan fingerprint density at radius 3 is 2.70 bits per heavy atom. The van der Waals surface area contributed by atoms with Gasteiger partial charge in [0.2, 0.25) is 0 Å². The van der Waals surface area contributed by atoms with Crippen LogP contribution in [0.1, 0.15) is 31.4 Å². The quantitative estimate of drug-likeness (QED) is 0.903. The van der Waals surface area contributed by atoms with Crippen molar-refractivity contribution in [3.8, 4) is 0 Å². The summed E-state index contributed by atoms with van der Waals surface area (Å²) in [5.41, 5.74) is 0.320. The lowest BCUT2D eigenvalue weighted by molar-refractivity contribution is 0.142. The molecule has 20 heavy (non-hydrogen) atoms. The molecular formula is C15H21F2NOS. The highest BCUT2D eigenvalue weighted by molar-refractivity contribution is 8.00. The fourth-order valence-corrected chi connectivity index (χ4v) is 3.72. The van der Waals surface area contributed by atoms with Crippen molar-refractivity contribution in [3.63, 3.8) is 0 Å². The maximum absolute atomic E-state index is 13.1. The topological polar surface area (TPSA) is 23.5 Å². The fourth-order valence-electron chi connectivity index (χ4n) is 2.47. The Kier molecular flexibility index (Phi) is 5.81. The predicted octanol–water partition coefficient (Wildman–Crippen LogP) is 3.22. The highest BCUT2D eigenvalue weighted by Crippen LogP contribution is 2.23. The van der Waals surface area contributed by atoms with Crippen LogP contribution < -0.4 is 0 Å². The molecule has 1 heterocycles. The molecule has 0 radical (unpaired) electrons. The number of halogens is 2. The van der Waals surface area contributed by atoms with Gasteiger partial charge < -0.3 is 10.0 Å². The maximum atomic E-state index is 13.1. The lowest BCUT2D eigenvalue weighted by Gasteiger charge is -2.32. The van der Waals surface area contributed by atoms with Crippen LogP contribution in [0.3, 0.4) is 0 Å². The zero-order valence-electron chi connectivity index (χ0n) is 11.7. The summed E-state index contributed by atoms with van der Waals surface area (Å²) in [5.74, 6) is -0.164. The number of aliphatic hydroxyl groups is 1. The van der Waals surface area contributed by atoms with Crippen molar-refractivity contribution in [2.24, 2.45) is 0 Å². The van der Waals surface area contributed by atoms with Gasteiger partial charge in [-0.1, -0.05) is 6.92 Å². The number of hydrogen-bond donors (Lipinski definition) is 1. The van der Waals surface area contributed by atoms with Crippen molar-refractivity contribution >= 4 is 11.8 Å². The van der Waals surface area contributed by atoms with Gasteiger partial charge in [0, 0.05) is 36.7 Å². The molecule has 1 aliphatic heterocycles. The molecule has 1 aromatic rings. The number of hydrogen-bond acceptors (Lipinski definition) is 3. The van der Waals surface area contributed by atoms with Crippen molar-refractivity contribution in [1.29, 1.82) is 0 Å². The third-order valence-corrected chi connectivity index (χ3v) is 5.04. The Hall–Kier alpha value is -0.650. The van der Waals surface area contributed by atoms with Crippen LogP contribution in [0, 0.1) is 11.6 Å². The Balaban J connectivity index is 1.86. The minimum Gasteiger partial charge on any atom is -0.388 e. The lowest BCUT2D eigenvalue weighted by Crippen LogP contribution is -2.38. The summed E-state index contributed by atoms with van der Waals surface area (Å²) in [4.78, 5) is 2.32. The summed E-state index contributed by atoms with van der Waals surface area (Å²) in [5, 5.41) is 10.7. The van der Waals surface area contributed by atoms with Gasteiger partial charge in [-0.15, -0.1) is 0 Å². The minimum atomic E-state index is -0.810. The largest absolute Gasteiger partial charge is 0.388 e. The van der Waals surface area contributed by atoms with Gasteiger partial charge in [-0.05, 0) is 30.5 Å². The van der Waals surface area contributed by atoms with Crippen molar-refractivity contribution in [2.45, 2.75) is 31.1 Å². The fraction of sp³-hybridized carbons (Fsp3) is 0.600. The molecule has 0 aromatic heterocycles. The van der Waals surface area contributed by atoms with Gasteiger partial charge in [-0.2, -0.15) is 11.8 Å². The molecule has 2 unspecified atom stereocenters. The van der Waals surface area contributed by atoms with E-state index in [2.05, 4.69) is 11.8 Å². The van der Waals surface area contributed by atoms with Gasteiger partial charge in [0.1, 0.15) is 11.6 Å². The minimum absolute atomic E-state index is 0.320. The highest BCUT2D eigenvalue weighted by atomic mass is 32.2. The van der Waals surface area contributed by atoms with Crippen LogP contribution in [0.4, 0.5) is 8.78 Å². The summed E-state index contributed by atoms with van der Waals surface area (Å²) in [7, 11) is 0. The Labute approximate surface area is 123 Å². The molecule has 2 atom stereocenters. The Morgan fingerprint density at radius 1 is 1.35 bits per heavy atom. The summed E-state index contributed by atoms with van der Waals surface area (Å²) < 4.78 is 26.2. The molecule has 1 fully saturated rings. The standard InChI is InChI=1S/C15H21F2NOS/c1-2-14-10-18(5-6-20-14)4-3-15(19)11-7-12(16)9-13(17)8-11/h7-9,14-15,19H,2-6,10H2,1H3. The van der Waals surface area contributed by atoms with Crippen LogP contribution >= 0.6 is 11.8 Å². The van der Waals surface area contributed by atoms with E-state index in [1.54, 1.807) is 0 Å². The van der Waals surface area contributed by atoms with Gasteiger partial charge in [0.15, 0.2) is 0 Å². The van der Waals surface area contributed by atoms with Crippen LogP contribution in [0.15, 0.2) is 18.2 Å². The van der Waals surface area contributed by atoms with E-state index >= 15 is 0 Å². The van der Waals surface area contributed by atoms with Gasteiger partial charge in [0.25, 0.3) is 0 Å². The maximum Gasteiger partial charge on any atom is 0.126 e. The lowest BCUT2D eigenvalue weighted by atomic mass is 10.1. The predicted molar refractivity (Wildman–Crippen MR) is 78.9 cm³/mol. The Morgan fingerprint density at radius 2 is 2.05 bits per heavy atom. The molecule has 1 aromatic carbocycles. The van der Waals surface area contributed by atoms with E-state index in [-0.39, 0.29) is 0 Å². The van der Waals surface area contributed by atoms with Gasteiger partial charge >= 0.3 is 0 Å². The first-order valence-corrected chi connectivity index (χ1v) is 8.11. The van der Waals surface area contributed by atoms with Crippen LogP contribution in [0.5, 0.6) is 0 Å². The average molecular weight is 301 g/mol. The molecule has 0 aliphatic carbocycles. The van der Waals surface area contributed by atoms with E-state index in [1.807, 2.05) is 11.8 Å². The van der Waals surface area contributed by atoms with Crippen molar-refractivity contribution < 1.29 is 13.9 Å². The molecule has 0 amide bonds. The molecule has 0 bridgehead atoms. The van der Waals surface area contributed by atoms with Crippen molar-refractivity contribution in [2.75, 3.05) is 25.4 Å². The summed E-state index contributed by atoms with van der Waals surface area (Å²) in [6, 6.07) is 3.23. The normalized spacial score (nSPS) is 21.9. The summed E-state index contributed by atoms with van der Waals surface area (Å²) in [6.07, 6.45) is 0.845. The first kappa shape index (κ1) is 15.7. The van der Waals surface area contributed by atoms with E-state index in [9.17, 15) is 13.9 Å². The van der Waals surface area contributed by atoms with Crippen LogP contribution in [-0.2, 0) is 0 Å². The zero-order valence-corrected chi connectivity index (χ0v) is 12.5. The number of nitrogens with zero attached hydrogens (tertiary/aromatic N) is 1. The number of benzene rings is 1. The van der Waals surface area contributed by atoms with Crippen LogP contribution in [0.25, 0.3) is 0 Å². The third-order valence-electron chi connectivity index (χ3n) is 3.67. The molecule has 112 valence electrons. The number of thioether (sulfide) groups is 1. The molecule has 0 saturated carbocycles. The SMILES string of the molecule is CCC1CN(CCC(O)c2cc(F)cc(F)c2)CCS1. The molecular weight excluding hydrogens is 280 g/mol. The van der Waals surface area contributed by atoms with Crippen LogP contribution in [0.2, 0.25) is 0 Å². The summed E-state index contributed by atoms with van der Waals surface area (Å²) in [6.45, 7) is 5.00. The van der Waals surface area contributed by atoms with E-state index in [0.29, 0.717) is 17.2 Å². The second-order valence-electron chi connectivity index (χ2n) is 5.21. The highest BCUT2D eigenvalue weighted by Gasteiger charge is 2.20. The van der Waals surface area contributed by atoms with E-state index < -0.39 is 17.7 Å². The molecule has 1 aliphatic rings. The second-order valence-corrected chi connectivity index (χ2v) is 6.62. The van der Waals surface area contributed by atoms with Gasteiger partial charge in [0.05, 0.1) is 6.10 Å². The second kappa shape index (κ2) is 7.38. The smallest absolute Gasteiger partial charge is 0.126 e. The molecule has 2 nitrogen and oxygen atoms in total. The monoisotopic (exact) mass is 301 g/mol. The first-order chi connectivity index (χ1) is 9.58. The number of rotatable bonds is 5. The molecule has 1 N–H and O–H groups in total. The molecule has 5 heteroatoms. The van der Waals surface area contributed by atoms with E-state index in [0.717, 1.165) is 37.9 Å².